The van der Waals surface area contributed by atoms with Gasteiger partial charge in [0.25, 0.3) is 0 Å². The van der Waals surface area contributed by atoms with Gasteiger partial charge >= 0.3 is 0 Å². The van der Waals surface area contributed by atoms with E-state index in [1.807, 2.05) is 0 Å². The summed E-state index contributed by atoms with van der Waals surface area (Å²) in [5.41, 5.74) is 0. The third-order valence-corrected chi connectivity index (χ3v) is 22.0. The number of hydrogen-bond acceptors (Lipinski definition) is 6. The van der Waals surface area contributed by atoms with Gasteiger partial charge in [-0.3, -0.25) is 0 Å². The van der Waals surface area contributed by atoms with Gasteiger partial charge in [0, 0.05) is 0 Å². The maximum absolute atomic E-state index is 11.5. The fourth-order valence-corrected chi connectivity index (χ4v) is 6.45. The van der Waals surface area contributed by atoms with Gasteiger partial charge in [-0.25, -0.2) is 0 Å². The summed E-state index contributed by atoms with van der Waals surface area (Å²) >= 11 is 0. The zero-order valence-corrected chi connectivity index (χ0v) is 27.1. The van der Waals surface area contributed by atoms with Crippen LogP contribution in [0.1, 0.15) is 62.3 Å². The van der Waals surface area contributed by atoms with Crippen LogP contribution in [0.4, 0.5) is 0 Å². The topological polar surface area (TPSA) is 77.4 Å². The van der Waals surface area contributed by atoms with Crippen molar-refractivity contribution >= 4 is 25.0 Å². The molecule has 0 amide bonds. The largest absolute Gasteiger partial charge is 0.414 e. The van der Waals surface area contributed by atoms with Crippen molar-refractivity contribution < 1.29 is 28.2 Å². The zero-order valence-electron chi connectivity index (χ0n) is 24.1. The van der Waals surface area contributed by atoms with E-state index in [1.165, 1.54) is 0 Å². The van der Waals surface area contributed by atoms with E-state index in [2.05, 4.69) is 102 Å². The van der Waals surface area contributed by atoms with Crippen LogP contribution in [0.2, 0.25) is 54.4 Å². The maximum atomic E-state index is 11.5. The molecular formula is C24H54O6Si3. The Kier molecular flexibility index (Phi) is 9.57. The molecule has 1 saturated heterocycles. The Bertz CT molecular complexity index is 646. The van der Waals surface area contributed by atoms with Crippen LogP contribution in [0.5, 0.6) is 0 Å². The number of ether oxygens (including phenoxy) is 1. The first-order valence-electron chi connectivity index (χ1n) is 12.4. The molecule has 1 heterocycles. The molecule has 5 atom stereocenters. The third kappa shape index (κ3) is 7.45. The van der Waals surface area contributed by atoms with E-state index in [1.54, 1.807) is 0 Å². The zero-order chi connectivity index (χ0) is 26.4. The van der Waals surface area contributed by atoms with Crippen LogP contribution in [-0.2, 0) is 18.0 Å². The summed E-state index contributed by atoms with van der Waals surface area (Å²) in [6.45, 7) is 32.7. The normalized spacial score (nSPS) is 28.8. The Labute approximate surface area is 207 Å². The lowest BCUT2D eigenvalue weighted by molar-refractivity contribution is -0.279. The van der Waals surface area contributed by atoms with Crippen LogP contribution in [0, 0.1) is 0 Å². The molecule has 1 rings (SSSR count). The van der Waals surface area contributed by atoms with Crippen molar-refractivity contribution in [3.05, 3.63) is 0 Å². The van der Waals surface area contributed by atoms with Crippen molar-refractivity contribution in [1.82, 2.24) is 0 Å². The summed E-state index contributed by atoms with van der Waals surface area (Å²) in [5.74, 6) is 0. The van der Waals surface area contributed by atoms with Crippen molar-refractivity contribution in [2.45, 2.75) is 147 Å². The maximum Gasteiger partial charge on any atom is 0.192 e. The van der Waals surface area contributed by atoms with E-state index >= 15 is 0 Å². The molecule has 0 aromatic carbocycles. The van der Waals surface area contributed by atoms with Gasteiger partial charge in [-0.2, -0.15) is 0 Å². The predicted octanol–water partition coefficient (Wildman–Crippen LogP) is 5.87. The van der Waals surface area contributed by atoms with Crippen LogP contribution in [0.15, 0.2) is 0 Å². The molecule has 0 spiro atoms. The number of aliphatic hydroxyl groups excluding tert-OH is 2. The second kappa shape index (κ2) is 10.0. The van der Waals surface area contributed by atoms with Crippen LogP contribution in [-0.4, -0.2) is 72.5 Å². The van der Waals surface area contributed by atoms with Gasteiger partial charge in [-0.1, -0.05) is 62.3 Å². The van der Waals surface area contributed by atoms with Crippen LogP contribution < -0.4 is 0 Å². The van der Waals surface area contributed by atoms with E-state index < -0.39 is 55.7 Å². The molecule has 0 aromatic rings. The van der Waals surface area contributed by atoms with Gasteiger partial charge < -0.3 is 28.2 Å². The first kappa shape index (κ1) is 31.4. The molecule has 1 aliphatic heterocycles. The Morgan fingerprint density at radius 2 is 1.00 bits per heavy atom. The molecule has 0 aromatic heterocycles. The molecule has 1 fully saturated rings. The third-order valence-electron chi connectivity index (χ3n) is 8.53. The highest BCUT2D eigenvalue weighted by molar-refractivity contribution is 6.75. The number of rotatable bonds is 7. The van der Waals surface area contributed by atoms with Crippen LogP contribution >= 0.6 is 0 Å². The molecule has 0 saturated carbocycles. The molecule has 33 heavy (non-hydrogen) atoms. The Balaban J connectivity index is 3.28. The van der Waals surface area contributed by atoms with Gasteiger partial charge in [-0.15, -0.1) is 0 Å². The standard InChI is InChI=1S/C24H54O6Si3/c1-22(2,3)31(10,11)27-16-17-18(25)19(29-32(12,13)23(4,5)6)20(21(26)28-17)30-33(14,15)24(7,8)9/h17-21,25-26H,16H2,1-15H3/t17-,18+,19+,20-,21-/m1/s1. The lowest BCUT2D eigenvalue weighted by Crippen LogP contribution is -2.66. The van der Waals surface area contributed by atoms with Crippen LogP contribution in [0.3, 0.4) is 0 Å². The van der Waals surface area contributed by atoms with E-state index in [4.69, 9.17) is 18.0 Å². The highest BCUT2D eigenvalue weighted by atomic mass is 28.4. The molecule has 0 unspecified atom stereocenters. The quantitative estimate of drug-likeness (QED) is 0.407. The first-order chi connectivity index (χ1) is 14.3. The minimum absolute atomic E-state index is 0.0380. The fourth-order valence-electron chi connectivity index (χ4n) is 2.85. The molecule has 9 heteroatoms. The lowest BCUT2D eigenvalue weighted by atomic mass is 9.99. The van der Waals surface area contributed by atoms with Crippen molar-refractivity contribution in [2.24, 2.45) is 0 Å². The van der Waals surface area contributed by atoms with Crippen LogP contribution in [0.25, 0.3) is 0 Å². The Morgan fingerprint density at radius 1 is 0.636 bits per heavy atom. The Hall–Kier alpha value is 0.411. The molecule has 0 radical (unpaired) electrons. The summed E-state index contributed by atoms with van der Waals surface area (Å²) < 4.78 is 25.6. The molecule has 1 aliphatic rings. The SMILES string of the molecule is CC(C)(C)[Si](C)(C)OC[C@H]1O[C@@H](O)[C@H](O[Si](C)(C)C(C)(C)C)[C@@H](O[Si](C)(C)C(C)(C)C)[C@H]1O. The minimum atomic E-state index is -2.27. The lowest BCUT2D eigenvalue weighted by Gasteiger charge is -2.51. The number of hydrogen-bond donors (Lipinski definition) is 2. The van der Waals surface area contributed by atoms with E-state index in [9.17, 15) is 10.2 Å². The fraction of sp³-hybridized carbons (Fsp3) is 1.00. The van der Waals surface area contributed by atoms with Gasteiger partial charge in [0.2, 0.25) is 0 Å². The van der Waals surface area contributed by atoms with Gasteiger partial charge in [0.05, 0.1) is 6.61 Å². The van der Waals surface area contributed by atoms with Crippen molar-refractivity contribution in [2.75, 3.05) is 6.61 Å². The highest BCUT2D eigenvalue weighted by Crippen LogP contribution is 2.43. The molecule has 2 N–H and O–H groups in total. The average Bonchev–Trinajstić information content (AvgIpc) is 2.56. The smallest absolute Gasteiger partial charge is 0.192 e. The average molecular weight is 523 g/mol. The molecular weight excluding hydrogens is 469 g/mol. The number of aliphatic hydroxyl groups is 2. The van der Waals surface area contributed by atoms with E-state index in [0.29, 0.717) is 0 Å². The molecule has 0 aliphatic carbocycles. The summed E-state index contributed by atoms with van der Waals surface area (Å²) in [5, 5.41) is 22.5. The summed E-state index contributed by atoms with van der Waals surface area (Å²) in [6.07, 6.45) is -4.26. The predicted molar refractivity (Wildman–Crippen MR) is 144 cm³/mol. The van der Waals surface area contributed by atoms with Crippen molar-refractivity contribution in [1.29, 1.82) is 0 Å². The van der Waals surface area contributed by atoms with Gasteiger partial charge in [0.1, 0.15) is 24.4 Å². The highest BCUT2D eigenvalue weighted by Gasteiger charge is 2.53. The van der Waals surface area contributed by atoms with Crippen molar-refractivity contribution in [3.8, 4) is 0 Å². The molecule has 0 bridgehead atoms. The first-order valence-corrected chi connectivity index (χ1v) is 21.1. The van der Waals surface area contributed by atoms with Gasteiger partial charge in [0.15, 0.2) is 31.2 Å². The minimum Gasteiger partial charge on any atom is -0.414 e. The summed E-state index contributed by atoms with van der Waals surface area (Å²) in [4.78, 5) is 0. The molecule has 6 nitrogen and oxygen atoms in total. The van der Waals surface area contributed by atoms with Gasteiger partial charge in [-0.05, 0) is 54.4 Å². The summed E-state index contributed by atoms with van der Waals surface area (Å²) in [6, 6.07) is 0. The Morgan fingerprint density at radius 3 is 1.36 bits per heavy atom. The van der Waals surface area contributed by atoms with E-state index in [0.717, 1.165) is 0 Å². The second-order valence-electron chi connectivity index (χ2n) is 14.3. The van der Waals surface area contributed by atoms with Crippen molar-refractivity contribution in [3.63, 3.8) is 0 Å². The monoisotopic (exact) mass is 522 g/mol. The second-order valence-corrected chi connectivity index (χ2v) is 28.6. The summed E-state index contributed by atoms with van der Waals surface area (Å²) in [7, 11) is -6.58. The van der Waals surface area contributed by atoms with E-state index in [-0.39, 0.29) is 21.7 Å². The molecule has 198 valence electrons.